The van der Waals surface area contributed by atoms with Gasteiger partial charge in [-0.25, -0.2) is 4.98 Å². The van der Waals surface area contributed by atoms with Gasteiger partial charge in [0.2, 0.25) is 0 Å². The maximum atomic E-state index is 9.79. The lowest BCUT2D eigenvalue weighted by Gasteiger charge is -2.29. The molecule has 2 N–H and O–H groups in total. The van der Waals surface area contributed by atoms with E-state index in [1.165, 1.54) is 5.56 Å². The second-order valence-electron chi connectivity index (χ2n) is 8.57. The van der Waals surface area contributed by atoms with E-state index >= 15 is 0 Å². The first kappa shape index (κ1) is 21.0. The average Bonchev–Trinajstić information content (AvgIpc) is 3.20. The molecular weight excluding hydrogens is 422 g/mol. The fourth-order valence-electron chi connectivity index (χ4n) is 4.45. The van der Waals surface area contributed by atoms with Crippen molar-refractivity contribution in [2.75, 3.05) is 0 Å². The maximum Gasteiger partial charge on any atom is 0.296 e. The molecule has 0 saturated heterocycles. The van der Waals surface area contributed by atoms with Crippen molar-refractivity contribution < 1.29 is 9.84 Å². The van der Waals surface area contributed by atoms with E-state index in [1.54, 1.807) is 0 Å². The molecule has 4 aromatic rings. The predicted molar refractivity (Wildman–Crippen MR) is 128 cm³/mol. The van der Waals surface area contributed by atoms with Gasteiger partial charge < -0.3 is 14.8 Å². The third-order valence-electron chi connectivity index (χ3n) is 6.35. The summed E-state index contributed by atoms with van der Waals surface area (Å²) in [4.78, 5) is 12.5. The summed E-state index contributed by atoms with van der Waals surface area (Å²) in [6.07, 6.45) is 3.62. The van der Waals surface area contributed by atoms with Crippen LogP contribution in [-0.2, 0) is 0 Å². The van der Waals surface area contributed by atoms with E-state index in [0.717, 1.165) is 42.3 Å². The van der Waals surface area contributed by atoms with Crippen LogP contribution in [0.5, 0.6) is 6.01 Å². The van der Waals surface area contributed by atoms with Gasteiger partial charge in [0.15, 0.2) is 5.65 Å². The van der Waals surface area contributed by atoms with E-state index in [4.69, 9.17) is 21.3 Å². The fourth-order valence-corrected chi connectivity index (χ4v) is 4.71. The Morgan fingerprint density at radius 3 is 2.28 bits per heavy atom. The van der Waals surface area contributed by atoms with Crippen LogP contribution in [-0.4, -0.2) is 32.3 Å². The largest absolute Gasteiger partial charge is 0.461 e. The van der Waals surface area contributed by atoms with Gasteiger partial charge in [0.1, 0.15) is 6.10 Å². The summed E-state index contributed by atoms with van der Waals surface area (Å²) in [6, 6.07) is 20.8. The first-order valence-corrected chi connectivity index (χ1v) is 11.5. The van der Waals surface area contributed by atoms with Gasteiger partial charge in [-0.05, 0) is 55.7 Å². The van der Waals surface area contributed by atoms with Crippen LogP contribution in [0.25, 0.3) is 33.5 Å². The first-order valence-electron chi connectivity index (χ1n) is 11.1. The number of rotatable bonds is 5. The van der Waals surface area contributed by atoms with Crippen LogP contribution in [0.1, 0.15) is 32.6 Å². The molecule has 0 bridgehead atoms. The summed E-state index contributed by atoms with van der Waals surface area (Å²) in [7, 11) is 0. The number of fused-ring (bicyclic) bond motifs is 1. The number of hydrogen-bond donors (Lipinski definition) is 2. The average molecular weight is 448 g/mol. The summed E-state index contributed by atoms with van der Waals surface area (Å²) in [6.45, 7) is 1.87. The van der Waals surface area contributed by atoms with E-state index in [0.29, 0.717) is 28.3 Å². The fraction of sp³-hybridized carbons (Fsp3) is 0.308. The van der Waals surface area contributed by atoms with Crippen molar-refractivity contribution in [1.29, 1.82) is 0 Å². The van der Waals surface area contributed by atoms with Gasteiger partial charge in [-0.3, -0.25) is 0 Å². The number of H-pyrrole nitrogens is 1. The highest BCUT2D eigenvalue weighted by Crippen LogP contribution is 2.32. The minimum Gasteiger partial charge on any atom is -0.461 e. The minimum atomic E-state index is -0.256. The number of benzene rings is 2. The molecule has 5 rings (SSSR count). The Morgan fingerprint density at radius 2 is 1.59 bits per heavy atom. The van der Waals surface area contributed by atoms with E-state index in [-0.39, 0.29) is 12.2 Å². The summed E-state index contributed by atoms with van der Waals surface area (Å²) >= 11 is 6.57. The molecule has 0 radical (unpaired) electrons. The molecule has 2 aromatic carbocycles. The monoisotopic (exact) mass is 447 g/mol. The standard InChI is InChI=1S/C26H26ClN3O2/c1-16(31)17-11-13-21(14-12-17)32-26-28-23-15-22(27)24(29-25(23)30-26)20-9-7-19(8-10-20)18-5-3-2-4-6-18/h2-10,15-17,21,31H,11-14H2,1H3,(H,28,29,30). The van der Waals surface area contributed by atoms with Crippen molar-refractivity contribution in [2.45, 2.75) is 44.8 Å². The molecule has 0 aliphatic heterocycles. The van der Waals surface area contributed by atoms with Crippen LogP contribution in [0, 0.1) is 5.92 Å². The van der Waals surface area contributed by atoms with Crippen LogP contribution in [0.2, 0.25) is 5.02 Å². The number of halogens is 1. The summed E-state index contributed by atoms with van der Waals surface area (Å²) in [5.74, 6) is 0.363. The number of aliphatic hydroxyl groups excluding tert-OH is 1. The lowest BCUT2D eigenvalue weighted by atomic mass is 9.84. The third-order valence-corrected chi connectivity index (χ3v) is 6.64. The zero-order valence-corrected chi connectivity index (χ0v) is 18.7. The van der Waals surface area contributed by atoms with E-state index in [2.05, 4.69) is 34.2 Å². The molecular formula is C26H26ClN3O2. The Bertz CT molecular complexity index is 1200. The van der Waals surface area contributed by atoms with Crippen molar-refractivity contribution in [3.63, 3.8) is 0 Å². The highest BCUT2D eigenvalue weighted by molar-refractivity contribution is 6.33. The van der Waals surface area contributed by atoms with Gasteiger partial charge in [-0.2, -0.15) is 4.98 Å². The molecule has 2 aromatic heterocycles. The summed E-state index contributed by atoms with van der Waals surface area (Å²) < 4.78 is 6.09. The Balaban J connectivity index is 1.35. The third kappa shape index (κ3) is 4.36. The molecule has 164 valence electrons. The van der Waals surface area contributed by atoms with Crippen molar-refractivity contribution in [3.05, 3.63) is 65.7 Å². The molecule has 2 heterocycles. The number of ether oxygens (including phenoxy) is 1. The highest BCUT2D eigenvalue weighted by Gasteiger charge is 2.26. The Morgan fingerprint density at radius 1 is 0.938 bits per heavy atom. The Labute approximate surface area is 192 Å². The van der Waals surface area contributed by atoms with Crippen molar-refractivity contribution in [3.8, 4) is 28.4 Å². The molecule has 1 unspecified atom stereocenters. The number of nitrogens with one attached hydrogen (secondary N) is 1. The first-order chi connectivity index (χ1) is 15.6. The molecule has 5 nitrogen and oxygen atoms in total. The molecule has 0 spiro atoms. The van der Waals surface area contributed by atoms with Gasteiger partial charge in [0.05, 0.1) is 22.3 Å². The Hall–Kier alpha value is -2.89. The topological polar surface area (TPSA) is 71.0 Å². The molecule has 1 aliphatic carbocycles. The quantitative estimate of drug-likeness (QED) is 0.378. The number of aliphatic hydroxyl groups is 1. The number of pyridine rings is 1. The van der Waals surface area contributed by atoms with E-state index in [1.807, 2.05) is 43.3 Å². The lowest BCUT2D eigenvalue weighted by molar-refractivity contribution is 0.0579. The van der Waals surface area contributed by atoms with E-state index < -0.39 is 0 Å². The molecule has 6 heteroatoms. The van der Waals surface area contributed by atoms with Crippen LogP contribution < -0.4 is 4.74 Å². The van der Waals surface area contributed by atoms with Gasteiger partial charge in [0.25, 0.3) is 6.01 Å². The highest BCUT2D eigenvalue weighted by atomic mass is 35.5. The van der Waals surface area contributed by atoms with Crippen LogP contribution >= 0.6 is 11.6 Å². The van der Waals surface area contributed by atoms with Crippen molar-refractivity contribution >= 4 is 22.8 Å². The molecule has 32 heavy (non-hydrogen) atoms. The van der Waals surface area contributed by atoms with Crippen LogP contribution in [0.4, 0.5) is 0 Å². The second kappa shape index (κ2) is 8.93. The molecule has 1 atom stereocenters. The summed E-state index contributed by atoms with van der Waals surface area (Å²) in [5, 5.41) is 10.4. The molecule has 1 fully saturated rings. The lowest BCUT2D eigenvalue weighted by Crippen LogP contribution is -2.29. The maximum absolute atomic E-state index is 9.79. The number of aromatic nitrogens is 3. The number of imidazole rings is 1. The van der Waals surface area contributed by atoms with Gasteiger partial charge >= 0.3 is 0 Å². The normalized spacial score (nSPS) is 19.7. The van der Waals surface area contributed by atoms with Crippen LogP contribution in [0.15, 0.2) is 60.7 Å². The minimum absolute atomic E-state index is 0.103. The molecule has 0 amide bonds. The zero-order chi connectivity index (χ0) is 22.1. The van der Waals surface area contributed by atoms with Gasteiger partial charge in [-0.1, -0.05) is 66.2 Å². The van der Waals surface area contributed by atoms with E-state index in [9.17, 15) is 5.11 Å². The van der Waals surface area contributed by atoms with Gasteiger partial charge in [0, 0.05) is 5.56 Å². The zero-order valence-electron chi connectivity index (χ0n) is 18.0. The smallest absolute Gasteiger partial charge is 0.296 e. The van der Waals surface area contributed by atoms with Crippen LogP contribution in [0.3, 0.4) is 0 Å². The number of nitrogens with zero attached hydrogens (tertiary/aromatic N) is 2. The summed E-state index contributed by atoms with van der Waals surface area (Å²) in [5.41, 5.74) is 5.31. The second-order valence-corrected chi connectivity index (χ2v) is 8.98. The SMILES string of the molecule is CC(O)C1CCC(Oc2nc3nc(-c4ccc(-c5ccccc5)cc4)c(Cl)cc3[nH]2)CC1. The number of aromatic amines is 1. The predicted octanol–water partition coefficient (Wildman–Crippen LogP) is 6.26. The Kier molecular flexibility index (Phi) is 5.85. The van der Waals surface area contributed by atoms with Crippen molar-refractivity contribution in [1.82, 2.24) is 15.0 Å². The van der Waals surface area contributed by atoms with Crippen molar-refractivity contribution in [2.24, 2.45) is 5.92 Å². The molecule has 1 aliphatic rings. The van der Waals surface area contributed by atoms with Gasteiger partial charge in [-0.15, -0.1) is 0 Å². The number of hydrogen-bond acceptors (Lipinski definition) is 4. The molecule has 1 saturated carbocycles.